The molecule has 0 unspecified atom stereocenters. The Kier molecular flexibility index (Phi) is 5.83. The lowest BCUT2D eigenvalue weighted by molar-refractivity contribution is -0.118. The molecular weight excluding hydrogens is 346 g/mol. The van der Waals surface area contributed by atoms with E-state index in [0.717, 1.165) is 21.5 Å². The highest BCUT2D eigenvalue weighted by atomic mass is 79.9. The summed E-state index contributed by atoms with van der Waals surface area (Å²) >= 11 is 3.44. The molecule has 0 heterocycles. The number of halogens is 1. The maximum Gasteiger partial charge on any atom is 0.262 e. The van der Waals surface area contributed by atoms with E-state index in [4.69, 9.17) is 9.47 Å². The molecule has 5 heteroatoms. The molecule has 116 valence electrons. The minimum atomic E-state index is -0.211. The lowest BCUT2D eigenvalue weighted by Crippen LogP contribution is -2.20. The second-order valence-electron chi connectivity index (χ2n) is 4.71. The summed E-state index contributed by atoms with van der Waals surface area (Å²) < 4.78 is 11.8. The van der Waals surface area contributed by atoms with Gasteiger partial charge in [0.1, 0.15) is 11.5 Å². The average molecular weight is 364 g/mol. The van der Waals surface area contributed by atoms with Crippen molar-refractivity contribution in [3.05, 3.63) is 52.5 Å². The van der Waals surface area contributed by atoms with Crippen molar-refractivity contribution >= 4 is 27.5 Å². The molecule has 1 amide bonds. The lowest BCUT2D eigenvalue weighted by Gasteiger charge is -2.10. The molecule has 4 nitrogen and oxygen atoms in total. The maximum absolute atomic E-state index is 11.9. The van der Waals surface area contributed by atoms with Crippen molar-refractivity contribution in [2.45, 2.75) is 13.8 Å². The molecule has 2 rings (SSSR count). The fourth-order valence-electron chi connectivity index (χ4n) is 1.84. The lowest BCUT2D eigenvalue weighted by atomic mass is 10.2. The molecule has 22 heavy (non-hydrogen) atoms. The fraction of sp³-hybridized carbons (Fsp3) is 0.235. The highest BCUT2D eigenvalue weighted by Gasteiger charge is 2.05. The smallest absolute Gasteiger partial charge is 0.262 e. The molecule has 0 spiro atoms. The molecule has 0 aliphatic carbocycles. The average Bonchev–Trinajstić information content (AvgIpc) is 2.50. The normalized spacial score (nSPS) is 10.1. The molecule has 0 saturated heterocycles. The Balaban J connectivity index is 1.89. The van der Waals surface area contributed by atoms with E-state index in [2.05, 4.69) is 21.2 Å². The molecule has 0 saturated carbocycles. The minimum Gasteiger partial charge on any atom is -0.494 e. The van der Waals surface area contributed by atoms with Gasteiger partial charge in [-0.15, -0.1) is 0 Å². The van der Waals surface area contributed by atoms with E-state index in [1.165, 1.54) is 0 Å². The van der Waals surface area contributed by atoms with Gasteiger partial charge in [0, 0.05) is 16.2 Å². The third-order valence-electron chi connectivity index (χ3n) is 2.94. The largest absolute Gasteiger partial charge is 0.494 e. The first kappa shape index (κ1) is 16.4. The van der Waals surface area contributed by atoms with Crippen molar-refractivity contribution in [3.8, 4) is 11.5 Å². The Hall–Kier alpha value is -2.01. The molecule has 0 aliphatic rings. The summed E-state index contributed by atoms with van der Waals surface area (Å²) in [5, 5.41) is 2.79. The Morgan fingerprint density at radius 2 is 1.86 bits per heavy atom. The van der Waals surface area contributed by atoms with Gasteiger partial charge in [0.2, 0.25) is 0 Å². The zero-order valence-electron chi connectivity index (χ0n) is 12.6. The van der Waals surface area contributed by atoms with Crippen LogP contribution in [-0.2, 0) is 4.79 Å². The van der Waals surface area contributed by atoms with Gasteiger partial charge in [-0.1, -0.05) is 28.1 Å². The van der Waals surface area contributed by atoms with Crippen LogP contribution in [0.1, 0.15) is 12.5 Å². The van der Waals surface area contributed by atoms with E-state index in [1.54, 1.807) is 12.1 Å². The molecule has 0 radical (unpaired) electrons. The highest BCUT2D eigenvalue weighted by Crippen LogP contribution is 2.21. The van der Waals surface area contributed by atoms with Crippen molar-refractivity contribution in [2.75, 3.05) is 18.5 Å². The van der Waals surface area contributed by atoms with E-state index < -0.39 is 0 Å². The molecule has 2 aromatic rings. The molecule has 0 atom stereocenters. The van der Waals surface area contributed by atoms with Crippen LogP contribution < -0.4 is 14.8 Å². The number of carbonyl (C=O) groups is 1. The minimum absolute atomic E-state index is 0.0545. The Bertz CT molecular complexity index is 658. The Morgan fingerprint density at radius 3 is 2.55 bits per heavy atom. The van der Waals surface area contributed by atoms with Crippen LogP contribution in [0.5, 0.6) is 11.5 Å². The zero-order valence-corrected chi connectivity index (χ0v) is 14.1. The first-order chi connectivity index (χ1) is 10.6. The number of carbonyl (C=O) groups excluding carboxylic acids is 1. The predicted molar refractivity (Wildman–Crippen MR) is 90.6 cm³/mol. The molecule has 0 bridgehead atoms. The topological polar surface area (TPSA) is 47.6 Å². The summed E-state index contributed by atoms with van der Waals surface area (Å²) in [7, 11) is 0. The second kappa shape index (κ2) is 7.84. The van der Waals surface area contributed by atoms with E-state index in [9.17, 15) is 4.79 Å². The number of aryl methyl sites for hydroxylation is 1. The van der Waals surface area contributed by atoms with Crippen LogP contribution in [0, 0.1) is 6.92 Å². The van der Waals surface area contributed by atoms with E-state index >= 15 is 0 Å². The van der Waals surface area contributed by atoms with Crippen molar-refractivity contribution in [1.82, 2.24) is 0 Å². The molecule has 0 aromatic heterocycles. The monoisotopic (exact) mass is 363 g/mol. The first-order valence-corrected chi connectivity index (χ1v) is 7.79. The number of hydrogen-bond donors (Lipinski definition) is 1. The van der Waals surface area contributed by atoms with Gasteiger partial charge in [0.05, 0.1) is 6.61 Å². The van der Waals surface area contributed by atoms with Crippen LogP contribution in [0.25, 0.3) is 0 Å². The molecule has 2 aromatic carbocycles. The van der Waals surface area contributed by atoms with Gasteiger partial charge in [-0.3, -0.25) is 4.79 Å². The first-order valence-electron chi connectivity index (χ1n) is 7.00. The van der Waals surface area contributed by atoms with E-state index in [-0.39, 0.29) is 12.5 Å². The Labute approximate surface area is 138 Å². The zero-order chi connectivity index (χ0) is 15.9. The van der Waals surface area contributed by atoms with Gasteiger partial charge in [0.15, 0.2) is 6.61 Å². The van der Waals surface area contributed by atoms with Gasteiger partial charge >= 0.3 is 0 Å². The molecular formula is C17H18BrNO3. The van der Waals surface area contributed by atoms with Crippen molar-refractivity contribution < 1.29 is 14.3 Å². The number of ether oxygens (including phenoxy) is 2. The number of benzene rings is 2. The number of amides is 1. The standard InChI is InChI=1S/C17H18BrNO3/c1-3-21-14-5-4-6-15(10-14)22-11-17(20)19-13-8-7-12(2)16(18)9-13/h4-10H,3,11H2,1-2H3,(H,19,20). The summed E-state index contributed by atoms with van der Waals surface area (Å²) in [5.41, 5.74) is 1.84. The van der Waals surface area contributed by atoms with Crippen LogP contribution >= 0.6 is 15.9 Å². The number of nitrogens with one attached hydrogen (secondary N) is 1. The number of anilines is 1. The molecule has 0 aliphatic heterocycles. The van der Waals surface area contributed by atoms with Gasteiger partial charge in [0.25, 0.3) is 5.91 Å². The van der Waals surface area contributed by atoms with Crippen LogP contribution in [0.15, 0.2) is 46.9 Å². The molecule has 0 fully saturated rings. The van der Waals surface area contributed by atoms with Crippen LogP contribution in [0.4, 0.5) is 5.69 Å². The summed E-state index contributed by atoms with van der Waals surface area (Å²) in [6, 6.07) is 12.9. The number of hydrogen-bond acceptors (Lipinski definition) is 3. The summed E-state index contributed by atoms with van der Waals surface area (Å²) in [4.78, 5) is 11.9. The van der Waals surface area contributed by atoms with Crippen LogP contribution in [-0.4, -0.2) is 19.1 Å². The third-order valence-corrected chi connectivity index (χ3v) is 3.80. The Morgan fingerprint density at radius 1 is 1.14 bits per heavy atom. The maximum atomic E-state index is 11.9. The molecule has 1 N–H and O–H groups in total. The second-order valence-corrected chi connectivity index (χ2v) is 5.56. The van der Waals surface area contributed by atoms with Gasteiger partial charge in [-0.2, -0.15) is 0 Å². The van der Waals surface area contributed by atoms with Crippen LogP contribution in [0.2, 0.25) is 0 Å². The predicted octanol–water partition coefficient (Wildman–Crippen LogP) is 4.17. The van der Waals surface area contributed by atoms with Gasteiger partial charge in [-0.05, 0) is 43.7 Å². The van der Waals surface area contributed by atoms with E-state index in [1.807, 2.05) is 44.2 Å². The van der Waals surface area contributed by atoms with E-state index in [0.29, 0.717) is 12.4 Å². The number of rotatable bonds is 6. The highest BCUT2D eigenvalue weighted by molar-refractivity contribution is 9.10. The summed E-state index contributed by atoms with van der Waals surface area (Å²) in [6.45, 7) is 4.44. The van der Waals surface area contributed by atoms with Crippen LogP contribution in [0.3, 0.4) is 0 Å². The summed E-state index contributed by atoms with van der Waals surface area (Å²) in [5.74, 6) is 1.12. The van der Waals surface area contributed by atoms with Crippen molar-refractivity contribution in [1.29, 1.82) is 0 Å². The van der Waals surface area contributed by atoms with Crippen molar-refractivity contribution in [3.63, 3.8) is 0 Å². The van der Waals surface area contributed by atoms with Gasteiger partial charge in [-0.25, -0.2) is 0 Å². The third kappa shape index (κ3) is 4.77. The summed E-state index contributed by atoms with van der Waals surface area (Å²) in [6.07, 6.45) is 0. The van der Waals surface area contributed by atoms with Gasteiger partial charge < -0.3 is 14.8 Å². The quantitative estimate of drug-likeness (QED) is 0.837. The fourth-order valence-corrected chi connectivity index (χ4v) is 2.22. The van der Waals surface area contributed by atoms with Crippen molar-refractivity contribution in [2.24, 2.45) is 0 Å². The SMILES string of the molecule is CCOc1cccc(OCC(=O)Nc2ccc(C)c(Br)c2)c1.